The average Bonchev–Trinajstić information content (AvgIpc) is 2.33. The molecule has 17 heavy (non-hydrogen) atoms. The molecule has 2 rings (SSSR count). The van der Waals surface area contributed by atoms with Crippen molar-refractivity contribution in [2.24, 2.45) is 0 Å². The number of aromatic nitrogens is 1. The Morgan fingerprint density at radius 3 is 2.88 bits per heavy atom. The number of benzene rings is 1. The number of unbranched alkanes of at least 4 members (excludes halogenated alkanes) is 1. The lowest BCUT2D eigenvalue weighted by Gasteiger charge is -2.08. The van der Waals surface area contributed by atoms with Crippen molar-refractivity contribution in [2.75, 3.05) is 0 Å². The summed E-state index contributed by atoms with van der Waals surface area (Å²) in [6.45, 7) is 4.17. The molecule has 0 aliphatic heterocycles. The topological polar surface area (TPSA) is 30.0 Å². The first-order valence-electron chi connectivity index (χ1n) is 6.01. The quantitative estimate of drug-likeness (QED) is 0.592. The van der Waals surface area contributed by atoms with Crippen LogP contribution in [-0.4, -0.2) is 11.3 Å². The Bertz CT molecular complexity index is 546. The highest BCUT2D eigenvalue weighted by molar-refractivity contribution is 5.85. The highest BCUT2D eigenvalue weighted by Gasteiger charge is 2.05. The first-order chi connectivity index (χ1) is 8.22. The number of carbonyl (C=O) groups excluding carboxylic acids is 1. The van der Waals surface area contributed by atoms with Crippen LogP contribution < -0.4 is 0 Å². The number of carbonyl (C=O) groups is 1. The smallest absolute Gasteiger partial charge is 0.120 e. The number of aryl methyl sites for hydroxylation is 3. The van der Waals surface area contributed by atoms with Crippen LogP contribution in [0.4, 0.5) is 0 Å². The Morgan fingerprint density at radius 2 is 2.12 bits per heavy atom. The summed E-state index contributed by atoms with van der Waals surface area (Å²) in [6.07, 6.45) is 5.34. The van der Waals surface area contributed by atoms with Crippen LogP contribution in [0, 0.1) is 13.8 Å². The zero-order chi connectivity index (χ0) is 12.3. The van der Waals surface area contributed by atoms with Crippen molar-refractivity contribution < 1.29 is 4.79 Å². The fraction of sp³-hybridized carbons (Fsp3) is 0.333. The first-order valence-corrected chi connectivity index (χ1v) is 6.01. The summed E-state index contributed by atoms with van der Waals surface area (Å²) >= 11 is 0. The van der Waals surface area contributed by atoms with Crippen LogP contribution in [0.1, 0.15) is 29.5 Å². The summed E-state index contributed by atoms with van der Waals surface area (Å²) in [6, 6.07) is 6.45. The molecule has 0 spiro atoms. The van der Waals surface area contributed by atoms with Crippen LogP contribution in [0.5, 0.6) is 0 Å². The van der Waals surface area contributed by atoms with Crippen molar-refractivity contribution in [3.8, 4) is 0 Å². The highest BCUT2D eigenvalue weighted by Crippen LogP contribution is 2.22. The zero-order valence-electron chi connectivity index (χ0n) is 10.4. The zero-order valence-corrected chi connectivity index (χ0v) is 10.4. The van der Waals surface area contributed by atoms with Crippen molar-refractivity contribution in [1.82, 2.24) is 4.98 Å². The number of hydrogen-bond acceptors (Lipinski definition) is 2. The summed E-state index contributed by atoms with van der Waals surface area (Å²) in [5.74, 6) is 0. The number of pyridine rings is 1. The molecule has 0 radical (unpaired) electrons. The summed E-state index contributed by atoms with van der Waals surface area (Å²) in [4.78, 5) is 14.9. The van der Waals surface area contributed by atoms with Crippen molar-refractivity contribution in [1.29, 1.82) is 0 Å². The van der Waals surface area contributed by atoms with Gasteiger partial charge in [0.1, 0.15) is 6.29 Å². The van der Waals surface area contributed by atoms with Crippen LogP contribution in [0.15, 0.2) is 24.4 Å². The molecule has 0 unspecified atom stereocenters. The SMILES string of the molecule is Cc1cnc2c(CCCC=O)ccc(C)c2c1. The standard InChI is InChI=1S/C15H17NO/c1-11-9-14-12(2)6-7-13(5-3-4-8-17)15(14)16-10-11/h6-10H,3-5H2,1-2H3. The van der Waals surface area contributed by atoms with E-state index in [0.29, 0.717) is 6.42 Å². The minimum atomic E-state index is 0.626. The van der Waals surface area contributed by atoms with E-state index in [-0.39, 0.29) is 0 Å². The van der Waals surface area contributed by atoms with E-state index in [1.807, 2.05) is 6.20 Å². The lowest BCUT2D eigenvalue weighted by Crippen LogP contribution is -1.93. The Balaban J connectivity index is 2.43. The maximum Gasteiger partial charge on any atom is 0.120 e. The Labute approximate surface area is 102 Å². The van der Waals surface area contributed by atoms with Gasteiger partial charge in [0.15, 0.2) is 0 Å². The molecule has 2 heteroatoms. The van der Waals surface area contributed by atoms with E-state index < -0.39 is 0 Å². The molecule has 0 saturated heterocycles. The van der Waals surface area contributed by atoms with Crippen LogP contribution in [0.25, 0.3) is 10.9 Å². The monoisotopic (exact) mass is 227 g/mol. The minimum absolute atomic E-state index is 0.626. The third-order valence-corrected chi connectivity index (χ3v) is 3.06. The number of fused-ring (bicyclic) bond motifs is 1. The first kappa shape index (κ1) is 11.8. The second kappa shape index (κ2) is 5.09. The van der Waals surface area contributed by atoms with Gasteiger partial charge in [0.25, 0.3) is 0 Å². The molecule has 1 heterocycles. The lowest BCUT2D eigenvalue weighted by molar-refractivity contribution is -0.107. The van der Waals surface area contributed by atoms with E-state index in [4.69, 9.17) is 0 Å². The predicted octanol–water partition coefficient (Wildman–Crippen LogP) is 3.37. The molecule has 0 N–H and O–H groups in total. The molecule has 2 nitrogen and oxygen atoms in total. The van der Waals surface area contributed by atoms with Gasteiger partial charge in [0.05, 0.1) is 5.52 Å². The van der Waals surface area contributed by atoms with Crippen LogP contribution in [-0.2, 0) is 11.2 Å². The molecule has 88 valence electrons. The van der Waals surface area contributed by atoms with E-state index >= 15 is 0 Å². The Hall–Kier alpha value is -1.70. The van der Waals surface area contributed by atoms with Gasteiger partial charge in [-0.3, -0.25) is 4.98 Å². The number of rotatable bonds is 4. The normalized spacial score (nSPS) is 10.7. The number of aldehydes is 1. The molecule has 2 aromatic rings. The Kier molecular flexibility index (Phi) is 3.52. The molecule has 0 saturated carbocycles. The maximum atomic E-state index is 10.3. The molecule has 0 aliphatic carbocycles. The fourth-order valence-electron chi connectivity index (χ4n) is 2.10. The predicted molar refractivity (Wildman–Crippen MR) is 70.2 cm³/mol. The maximum absolute atomic E-state index is 10.3. The van der Waals surface area contributed by atoms with Gasteiger partial charge in [-0.05, 0) is 49.4 Å². The van der Waals surface area contributed by atoms with Gasteiger partial charge >= 0.3 is 0 Å². The van der Waals surface area contributed by atoms with Crippen molar-refractivity contribution in [3.63, 3.8) is 0 Å². The van der Waals surface area contributed by atoms with Gasteiger partial charge in [-0.25, -0.2) is 0 Å². The summed E-state index contributed by atoms with van der Waals surface area (Å²) in [7, 11) is 0. The largest absolute Gasteiger partial charge is 0.303 e. The lowest BCUT2D eigenvalue weighted by atomic mass is 10.00. The van der Waals surface area contributed by atoms with Crippen LogP contribution in [0.2, 0.25) is 0 Å². The van der Waals surface area contributed by atoms with Gasteiger partial charge in [-0.1, -0.05) is 12.1 Å². The van der Waals surface area contributed by atoms with E-state index in [1.165, 1.54) is 22.1 Å². The van der Waals surface area contributed by atoms with Crippen molar-refractivity contribution >= 4 is 17.2 Å². The second-order valence-corrected chi connectivity index (χ2v) is 4.51. The third-order valence-electron chi connectivity index (χ3n) is 3.06. The molecule has 0 fully saturated rings. The van der Waals surface area contributed by atoms with E-state index in [9.17, 15) is 4.79 Å². The average molecular weight is 227 g/mol. The Morgan fingerprint density at radius 1 is 1.29 bits per heavy atom. The molecular formula is C15H17NO. The molecular weight excluding hydrogens is 210 g/mol. The van der Waals surface area contributed by atoms with Crippen LogP contribution >= 0.6 is 0 Å². The second-order valence-electron chi connectivity index (χ2n) is 4.51. The van der Waals surface area contributed by atoms with Gasteiger partial charge in [-0.15, -0.1) is 0 Å². The number of hydrogen-bond donors (Lipinski definition) is 0. The third kappa shape index (κ3) is 2.52. The highest BCUT2D eigenvalue weighted by atomic mass is 16.1. The van der Waals surface area contributed by atoms with E-state index in [1.54, 1.807) is 0 Å². The van der Waals surface area contributed by atoms with Crippen molar-refractivity contribution in [3.05, 3.63) is 41.1 Å². The molecule has 0 atom stereocenters. The van der Waals surface area contributed by atoms with Gasteiger partial charge in [0, 0.05) is 18.0 Å². The van der Waals surface area contributed by atoms with Gasteiger partial charge < -0.3 is 4.79 Å². The van der Waals surface area contributed by atoms with Gasteiger partial charge in [-0.2, -0.15) is 0 Å². The molecule has 0 bridgehead atoms. The van der Waals surface area contributed by atoms with Crippen LogP contribution in [0.3, 0.4) is 0 Å². The summed E-state index contributed by atoms with van der Waals surface area (Å²) < 4.78 is 0. The minimum Gasteiger partial charge on any atom is -0.303 e. The molecule has 0 amide bonds. The number of nitrogens with zero attached hydrogens (tertiary/aromatic N) is 1. The summed E-state index contributed by atoms with van der Waals surface area (Å²) in [5, 5.41) is 1.23. The molecule has 1 aromatic heterocycles. The molecule has 0 aliphatic rings. The van der Waals surface area contributed by atoms with Gasteiger partial charge in [0.2, 0.25) is 0 Å². The van der Waals surface area contributed by atoms with E-state index in [2.05, 4.69) is 37.0 Å². The molecule has 1 aromatic carbocycles. The summed E-state index contributed by atoms with van der Waals surface area (Å²) in [5.41, 5.74) is 4.77. The fourth-order valence-corrected chi connectivity index (χ4v) is 2.10. The van der Waals surface area contributed by atoms with Crippen molar-refractivity contribution in [2.45, 2.75) is 33.1 Å². The van der Waals surface area contributed by atoms with E-state index in [0.717, 1.165) is 24.6 Å².